The molecule has 2 aromatic rings. The lowest BCUT2D eigenvalue weighted by molar-refractivity contribution is 0.251. The van der Waals surface area contributed by atoms with Gasteiger partial charge in [-0.1, -0.05) is 11.8 Å². The lowest BCUT2D eigenvalue weighted by Gasteiger charge is -2.04. The number of furan rings is 1. The highest BCUT2D eigenvalue weighted by atomic mass is 32.2. The van der Waals surface area contributed by atoms with Crippen molar-refractivity contribution in [2.45, 2.75) is 38.4 Å². The van der Waals surface area contributed by atoms with Gasteiger partial charge in [-0.25, -0.2) is 0 Å². The molecule has 0 aliphatic carbocycles. The predicted molar refractivity (Wildman–Crippen MR) is 79.2 cm³/mol. The maximum Gasteiger partial charge on any atom is 0.284 e. The van der Waals surface area contributed by atoms with Crippen LogP contribution in [0.15, 0.2) is 16.5 Å². The number of thioether (sulfide) groups is 1. The van der Waals surface area contributed by atoms with Crippen LogP contribution in [0.2, 0.25) is 0 Å². The zero-order valence-corrected chi connectivity index (χ0v) is 13.1. The van der Waals surface area contributed by atoms with Crippen LogP contribution >= 0.6 is 11.8 Å². The number of aryl methyl sites for hydroxylation is 2. The Morgan fingerprint density at radius 3 is 2.62 bits per heavy atom. The average Bonchev–Trinajstić information content (AvgIpc) is 2.96. The summed E-state index contributed by atoms with van der Waals surface area (Å²) in [6, 6.07) is 3.56. The van der Waals surface area contributed by atoms with Crippen molar-refractivity contribution in [2.24, 2.45) is 7.05 Å². The first-order chi connectivity index (χ1) is 9.97. The Bertz CT molecular complexity index is 595. The molecule has 2 heterocycles. The van der Waals surface area contributed by atoms with Crippen LogP contribution < -0.4 is 5.32 Å². The van der Waals surface area contributed by atoms with Gasteiger partial charge in [0, 0.05) is 24.8 Å². The monoisotopic (exact) mass is 315 g/mol. The minimum absolute atomic E-state index is 0.193. The normalized spacial score (nSPS) is 11.5. The van der Waals surface area contributed by atoms with E-state index >= 15 is 0 Å². The summed E-state index contributed by atoms with van der Waals surface area (Å²) in [6.45, 7) is 5.28. The van der Waals surface area contributed by atoms with E-state index in [0.717, 1.165) is 17.1 Å². The molecule has 4 nitrogen and oxygen atoms in total. The molecule has 2 rings (SSSR count). The summed E-state index contributed by atoms with van der Waals surface area (Å²) in [4.78, 5) is 0. The fourth-order valence-corrected chi connectivity index (χ4v) is 2.57. The molecule has 2 aromatic heterocycles. The molecule has 0 spiro atoms. The molecule has 1 N–H and O–H groups in total. The van der Waals surface area contributed by atoms with Crippen LogP contribution in [-0.2, 0) is 25.9 Å². The Morgan fingerprint density at radius 1 is 1.29 bits per heavy atom. The van der Waals surface area contributed by atoms with Crippen molar-refractivity contribution < 1.29 is 13.2 Å². The molecule has 0 atom stereocenters. The van der Waals surface area contributed by atoms with Crippen LogP contribution in [0.5, 0.6) is 0 Å². The van der Waals surface area contributed by atoms with Crippen LogP contribution in [0.4, 0.5) is 8.78 Å². The first-order valence-electron chi connectivity index (χ1n) is 6.64. The van der Waals surface area contributed by atoms with Gasteiger partial charge in [-0.05, 0) is 26.0 Å². The van der Waals surface area contributed by atoms with Crippen molar-refractivity contribution in [3.8, 4) is 0 Å². The Morgan fingerprint density at radius 2 is 2.00 bits per heavy atom. The third kappa shape index (κ3) is 4.31. The van der Waals surface area contributed by atoms with Crippen molar-refractivity contribution in [3.05, 3.63) is 40.6 Å². The summed E-state index contributed by atoms with van der Waals surface area (Å²) < 4.78 is 31.6. The van der Waals surface area contributed by atoms with Gasteiger partial charge in [0.1, 0.15) is 11.5 Å². The Kier molecular flexibility index (Phi) is 5.41. The largest absolute Gasteiger partial charge is 0.464 e. The van der Waals surface area contributed by atoms with E-state index in [0.29, 0.717) is 30.6 Å². The third-order valence-electron chi connectivity index (χ3n) is 3.33. The maximum absolute atomic E-state index is 12.1. The molecule has 0 saturated heterocycles. The van der Waals surface area contributed by atoms with E-state index in [-0.39, 0.29) is 5.75 Å². The second kappa shape index (κ2) is 7.09. The van der Waals surface area contributed by atoms with Gasteiger partial charge >= 0.3 is 0 Å². The minimum atomic E-state index is -2.37. The molecule has 0 aliphatic rings. The summed E-state index contributed by atoms with van der Waals surface area (Å²) >= 11 is 0.567. The lowest BCUT2D eigenvalue weighted by Crippen LogP contribution is -2.13. The van der Waals surface area contributed by atoms with Crippen molar-refractivity contribution in [1.82, 2.24) is 15.1 Å². The number of aromatic nitrogens is 2. The van der Waals surface area contributed by atoms with Crippen molar-refractivity contribution in [1.29, 1.82) is 0 Å². The van der Waals surface area contributed by atoms with E-state index in [4.69, 9.17) is 4.42 Å². The highest BCUT2D eigenvalue weighted by Gasteiger charge is 2.10. The lowest BCUT2D eigenvalue weighted by atomic mass is 10.2. The standard InChI is InChI=1S/C14H19F2N3OS/c1-9-13(10(2)19(3)18-9)7-17-6-11-4-5-12(20-11)8-21-14(15)16/h4-5,14,17H,6-8H2,1-3H3. The van der Waals surface area contributed by atoms with E-state index in [1.807, 2.05) is 31.6 Å². The molecule has 0 aliphatic heterocycles. The average molecular weight is 315 g/mol. The van der Waals surface area contributed by atoms with Crippen LogP contribution in [0, 0.1) is 13.8 Å². The fourth-order valence-electron chi connectivity index (χ4n) is 2.12. The minimum Gasteiger partial charge on any atom is -0.464 e. The topological polar surface area (TPSA) is 43.0 Å². The summed E-state index contributed by atoms with van der Waals surface area (Å²) in [5, 5.41) is 7.65. The Labute approximate surface area is 126 Å². The number of alkyl halides is 2. The van der Waals surface area contributed by atoms with Gasteiger partial charge in [0.05, 0.1) is 18.0 Å². The van der Waals surface area contributed by atoms with E-state index < -0.39 is 5.76 Å². The Hall–Kier alpha value is -1.34. The molecule has 0 bridgehead atoms. The summed E-state index contributed by atoms with van der Waals surface area (Å²) in [6.07, 6.45) is 0. The molecule has 0 unspecified atom stereocenters. The number of rotatable bonds is 7. The molecule has 0 amide bonds. The van der Waals surface area contributed by atoms with Crippen molar-refractivity contribution in [3.63, 3.8) is 0 Å². The van der Waals surface area contributed by atoms with Crippen LogP contribution in [0.25, 0.3) is 0 Å². The predicted octanol–water partition coefficient (Wildman–Crippen LogP) is 3.38. The molecule has 0 radical (unpaired) electrons. The number of halogens is 2. The van der Waals surface area contributed by atoms with Gasteiger partial charge in [-0.15, -0.1) is 0 Å². The highest BCUT2D eigenvalue weighted by molar-refractivity contribution is 7.98. The number of hydrogen-bond donors (Lipinski definition) is 1. The quantitative estimate of drug-likeness (QED) is 0.850. The van der Waals surface area contributed by atoms with Crippen LogP contribution in [-0.4, -0.2) is 15.5 Å². The number of hydrogen-bond acceptors (Lipinski definition) is 4. The summed E-state index contributed by atoms with van der Waals surface area (Å²) in [7, 11) is 1.92. The maximum atomic E-state index is 12.1. The molecule has 0 aromatic carbocycles. The molecular formula is C14H19F2N3OS. The van der Waals surface area contributed by atoms with Crippen LogP contribution in [0.3, 0.4) is 0 Å². The zero-order valence-electron chi connectivity index (χ0n) is 12.3. The van der Waals surface area contributed by atoms with Gasteiger partial charge in [0.2, 0.25) is 0 Å². The Balaban J connectivity index is 1.83. The van der Waals surface area contributed by atoms with E-state index in [1.54, 1.807) is 6.07 Å². The van der Waals surface area contributed by atoms with Gasteiger partial charge in [-0.2, -0.15) is 13.9 Å². The van der Waals surface area contributed by atoms with Gasteiger partial charge in [0.15, 0.2) is 0 Å². The first kappa shape index (κ1) is 16.0. The molecule has 21 heavy (non-hydrogen) atoms. The fraction of sp³-hybridized carbons (Fsp3) is 0.500. The van der Waals surface area contributed by atoms with E-state index in [2.05, 4.69) is 10.4 Å². The molecule has 0 fully saturated rings. The van der Waals surface area contributed by atoms with E-state index in [9.17, 15) is 8.78 Å². The SMILES string of the molecule is Cc1nn(C)c(C)c1CNCc1ccc(CSC(F)F)o1. The first-order valence-corrected chi connectivity index (χ1v) is 7.69. The second-order valence-corrected chi connectivity index (χ2v) is 5.79. The number of nitrogens with zero attached hydrogens (tertiary/aromatic N) is 2. The molecular weight excluding hydrogens is 296 g/mol. The van der Waals surface area contributed by atoms with Gasteiger partial charge < -0.3 is 9.73 Å². The van der Waals surface area contributed by atoms with E-state index in [1.165, 1.54) is 5.56 Å². The summed E-state index contributed by atoms with van der Waals surface area (Å²) in [5.74, 6) is -0.850. The van der Waals surface area contributed by atoms with Crippen molar-refractivity contribution in [2.75, 3.05) is 0 Å². The number of nitrogens with one attached hydrogen (secondary N) is 1. The smallest absolute Gasteiger partial charge is 0.284 e. The second-order valence-electron chi connectivity index (χ2n) is 4.82. The van der Waals surface area contributed by atoms with Crippen molar-refractivity contribution >= 4 is 11.8 Å². The van der Waals surface area contributed by atoms with Crippen LogP contribution in [0.1, 0.15) is 28.5 Å². The molecule has 0 saturated carbocycles. The molecule has 116 valence electrons. The summed E-state index contributed by atoms with van der Waals surface area (Å²) in [5.41, 5.74) is 3.32. The zero-order chi connectivity index (χ0) is 15.4. The van der Waals surface area contributed by atoms with Gasteiger partial charge in [-0.3, -0.25) is 4.68 Å². The highest BCUT2D eigenvalue weighted by Crippen LogP contribution is 2.21. The third-order valence-corrected chi connectivity index (χ3v) is 4.03. The molecule has 7 heteroatoms. The van der Waals surface area contributed by atoms with Gasteiger partial charge in [0.25, 0.3) is 5.76 Å².